The Bertz CT molecular complexity index is 568. The highest BCUT2D eigenvalue weighted by Crippen LogP contribution is 2.34. The average Bonchev–Trinajstić information content (AvgIpc) is 2.74. The maximum Gasteiger partial charge on any atom is 0.150 e. The van der Waals surface area contributed by atoms with Gasteiger partial charge in [0.15, 0.2) is 0 Å². The number of sulfone groups is 1. The SMILES string of the molecule is O=S1(=O)CCC(NC2CCc3cc(O)ccc32)CC1. The Kier molecular flexibility index (Phi) is 3.27. The van der Waals surface area contributed by atoms with Crippen LogP contribution < -0.4 is 5.32 Å². The summed E-state index contributed by atoms with van der Waals surface area (Å²) in [6.07, 6.45) is 3.44. The van der Waals surface area contributed by atoms with Crippen LogP contribution in [0.4, 0.5) is 0 Å². The molecule has 0 amide bonds. The summed E-state index contributed by atoms with van der Waals surface area (Å²) in [6.45, 7) is 0. The van der Waals surface area contributed by atoms with Crippen LogP contribution in [0.15, 0.2) is 18.2 Å². The largest absolute Gasteiger partial charge is 0.508 e. The number of phenolic OH excluding ortho intramolecular Hbond substituents is 1. The molecular weight excluding hydrogens is 262 g/mol. The normalized spacial score (nSPS) is 26.2. The molecule has 1 saturated heterocycles. The third-order valence-electron chi connectivity index (χ3n) is 4.20. The lowest BCUT2D eigenvalue weighted by molar-refractivity contribution is 0.403. The molecule has 1 aliphatic carbocycles. The summed E-state index contributed by atoms with van der Waals surface area (Å²) < 4.78 is 22.8. The summed E-state index contributed by atoms with van der Waals surface area (Å²) in [6, 6.07) is 6.15. The number of benzene rings is 1. The molecular formula is C14H19NO3S. The Morgan fingerprint density at radius 3 is 2.63 bits per heavy atom. The van der Waals surface area contributed by atoms with Gasteiger partial charge in [0.2, 0.25) is 0 Å². The number of rotatable bonds is 2. The molecule has 0 spiro atoms. The maximum absolute atomic E-state index is 11.4. The van der Waals surface area contributed by atoms with Gasteiger partial charge < -0.3 is 10.4 Å². The van der Waals surface area contributed by atoms with Crippen molar-refractivity contribution in [2.75, 3.05) is 11.5 Å². The van der Waals surface area contributed by atoms with Crippen LogP contribution in [-0.4, -0.2) is 31.1 Å². The lowest BCUT2D eigenvalue weighted by Crippen LogP contribution is -2.39. The molecule has 1 aromatic carbocycles. The molecule has 0 aromatic heterocycles. The molecule has 1 aromatic rings. The molecule has 1 atom stereocenters. The number of hydrogen-bond acceptors (Lipinski definition) is 4. The van der Waals surface area contributed by atoms with Gasteiger partial charge in [-0.2, -0.15) is 0 Å². The zero-order valence-electron chi connectivity index (χ0n) is 10.8. The van der Waals surface area contributed by atoms with E-state index in [1.54, 1.807) is 6.07 Å². The minimum absolute atomic E-state index is 0.299. The van der Waals surface area contributed by atoms with Gasteiger partial charge >= 0.3 is 0 Å². The van der Waals surface area contributed by atoms with Gasteiger partial charge in [-0.15, -0.1) is 0 Å². The van der Waals surface area contributed by atoms with Crippen molar-refractivity contribution in [1.29, 1.82) is 0 Å². The van der Waals surface area contributed by atoms with E-state index in [2.05, 4.69) is 5.32 Å². The van der Waals surface area contributed by atoms with E-state index in [-0.39, 0.29) is 0 Å². The van der Waals surface area contributed by atoms with Crippen LogP contribution in [0, 0.1) is 0 Å². The van der Waals surface area contributed by atoms with Crippen LogP contribution >= 0.6 is 0 Å². The first kappa shape index (κ1) is 12.9. The third kappa shape index (κ3) is 2.77. The molecule has 4 nitrogen and oxygen atoms in total. The minimum Gasteiger partial charge on any atom is -0.508 e. The van der Waals surface area contributed by atoms with Crippen LogP contribution in [0.25, 0.3) is 0 Å². The van der Waals surface area contributed by atoms with Gasteiger partial charge in [0.25, 0.3) is 0 Å². The molecule has 0 saturated carbocycles. The monoisotopic (exact) mass is 281 g/mol. The van der Waals surface area contributed by atoms with E-state index in [9.17, 15) is 13.5 Å². The van der Waals surface area contributed by atoms with Crippen LogP contribution in [0.2, 0.25) is 0 Å². The molecule has 1 aliphatic heterocycles. The van der Waals surface area contributed by atoms with Crippen LogP contribution in [0.3, 0.4) is 0 Å². The van der Waals surface area contributed by atoms with Gasteiger partial charge in [-0.25, -0.2) is 8.42 Å². The fourth-order valence-corrected chi connectivity index (χ4v) is 4.61. The highest BCUT2D eigenvalue weighted by Gasteiger charge is 2.28. The van der Waals surface area contributed by atoms with Gasteiger partial charge in [0, 0.05) is 12.1 Å². The molecule has 19 heavy (non-hydrogen) atoms. The standard InChI is InChI=1S/C14H19NO3S/c16-12-2-3-13-10(9-12)1-4-14(13)15-11-5-7-19(17,18)8-6-11/h2-3,9,11,14-16H,1,4-8H2. The van der Waals surface area contributed by atoms with Crippen molar-refractivity contribution in [2.24, 2.45) is 0 Å². The summed E-state index contributed by atoms with van der Waals surface area (Å²) in [7, 11) is -2.79. The Hall–Kier alpha value is -1.07. The average molecular weight is 281 g/mol. The zero-order chi connectivity index (χ0) is 13.5. The molecule has 2 N–H and O–H groups in total. The van der Waals surface area contributed by atoms with Crippen LogP contribution in [0.1, 0.15) is 36.4 Å². The van der Waals surface area contributed by atoms with Crippen molar-refractivity contribution in [3.05, 3.63) is 29.3 Å². The van der Waals surface area contributed by atoms with E-state index in [1.807, 2.05) is 12.1 Å². The van der Waals surface area contributed by atoms with Gasteiger partial charge in [0.05, 0.1) is 11.5 Å². The molecule has 1 heterocycles. The van der Waals surface area contributed by atoms with Crippen molar-refractivity contribution in [3.63, 3.8) is 0 Å². The number of aromatic hydroxyl groups is 1. The Labute approximate surface area is 113 Å². The van der Waals surface area contributed by atoms with Crippen molar-refractivity contribution < 1.29 is 13.5 Å². The first-order valence-electron chi connectivity index (χ1n) is 6.82. The molecule has 0 radical (unpaired) electrons. The van der Waals surface area contributed by atoms with Crippen molar-refractivity contribution >= 4 is 9.84 Å². The van der Waals surface area contributed by atoms with Crippen LogP contribution in [0.5, 0.6) is 5.75 Å². The maximum atomic E-state index is 11.4. The Morgan fingerprint density at radius 1 is 1.16 bits per heavy atom. The predicted molar refractivity (Wildman–Crippen MR) is 74.0 cm³/mol. The second-order valence-corrected chi connectivity index (χ2v) is 7.87. The fraction of sp³-hybridized carbons (Fsp3) is 0.571. The van der Waals surface area contributed by atoms with Gasteiger partial charge in [-0.3, -0.25) is 0 Å². The number of nitrogens with one attached hydrogen (secondary N) is 1. The second kappa shape index (κ2) is 4.80. The smallest absolute Gasteiger partial charge is 0.150 e. The number of aryl methyl sites for hydroxylation is 1. The summed E-state index contributed by atoms with van der Waals surface area (Å²) in [4.78, 5) is 0. The second-order valence-electron chi connectivity index (χ2n) is 5.57. The molecule has 5 heteroatoms. The molecule has 2 aliphatic rings. The molecule has 104 valence electrons. The topological polar surface area (TPSA) is 66.4 Å². The predicted octanol–water partition coefficient (Wildman–Crippen LogP) is 1.55. The Morgan fingerprint density at radius 2 is 1.89 bits per heavy atom. The highest BCUT2D eigenvalue weighted by molar-refractivity contribution is 7.91. The van der Waals surface area contributed by atoms with Crippen molar-refractivity contribution in [1.82, 2.24) is 5.32 Å². The quantitative estimate of drug-likeness (QED) is 0.863. The molecule has 0 bridgehead atoms. The summed E-state index contributed by atoms with van der Waals surface area (Å²) in [5.74, 6) is 0.933. The van der Waals surface area contributed by atoms with E-state index >= 15 is 0 Å². The fourth-order valence-electron chi connectivity index (χ4n) is 3.12. The molecule has 1 fully saturated rings. The first-order valence-corrected chi connectivity index (χ1v) is 8.64. The molecule has 3 rings (SSSR count). The molecule has 1 unspecified atom stereocenters. The lowest BCUT2D eigenvalue weighted by Gasteiger charge is -2.27. The minimum atomic E-state index is -2.79. The highest BCUT2D eigenvalue weighted by atomic mass is 32.2. The van der Waals surface area contributed by atoms with Crippen molar-refractivity contribution in [2.45, 2.75) is 37.8 Å². The van der Waals surface area contributed by atoms with Gasteiger partial charge in [-0.1, -0.05) is 6.07 Å². The van der Waals surface area contributed by atoms with E-state index in [1.165, 1.54) is 11.1 Å². The van der Waals surface area contributed by atoms with Crippen LogP contribution in [-0.2, 0) is 16.3 Å². The van der Waals surface area contributed by atoms with E-state index < -0.39 is 9.84 Å². The third-order valence-corrected chi connectivity index (χ3v) is 5.91. The van der Waals surface area contributed by atoms with E-state index in [0.717, 1.165) is 12.8 Å². The Balaban J connectivity index is 1.67. The summed E-state index contributed by atoms with van der Waals surface area (Å²) in [5, 5.41) is 13.1. The summed E-state index contributed by atoms with van der Waals surface area (Å²) >= 11 is 0. The summed E-state index contributed by atoms with van der Waals surface area (Å²) in [5.41, 5.74) is 2.46. The number of phenols is 1. The lowest BCUT2D eigenvalue weighted by atomic mass is 10.1. The number of fused-ring (bicyclic) bond motifs is 1. The van der Waals surface area contributed by atoms with E-state index in [0.29, 0.717) is 42.2 Å². The van der Waals surface area contributed by atoms with Gasteiger partial charge in [0.1, 0.15) is 15.6 Å². The van der Waals surface area contributed by atoms with E-state index in [4.69, 9.17) is 0 Å². The van der Waals surface area contributed by atoms with Crippen molar-refractivity contribution in [3.8, 4) is 5.75 Å². The van der Waals surface area contributed by atoms with Gasteiger partial charge in [-0.05, 0) is 48.9 Å². The first-order chi connectivity index (χ1) is 9.03. The zero-order valence-corrected chi connectivity index (χ0v) is 11.6. The number of hydrogen-bond donors (Lipinski definition) is 2.